The molecule has 0 nitrogen and oxygen atoms in total. The van der Waals surface area contributed by atoms with Gasteiger partial charge < -0.3 is 0 Å². The Hall–Kier alpha value is -0.290. The second-order valence-electron chi connectivity index (χ2n) is 3.36. The number of rotatable bonds is 5. The smallest absolute Gasteiger partial charge is 0.200 e. The molecule has 0 aliphatic rings. The molecule has 0 rings (SSSR count). The molecule has 0 radical (unpaired) electrons. The summed E-state index contributed by atoms with van der Waals surface area (Å²) >= 11 is 2.17. The van der Waals surface area contributed by atoms with E-state index in [2.05, 4.69) is 15.9 Å². The highest BCUT2D eigenvalue weighted by atomic mass is 79.9. The highest BCUT2D eigenvalue weighted by Crippen LogP contribution is 2.57. The van der Waals surface area contributed by atoms with Crippen molar-refractivity contribution >= 4 is 15.9 Å². The van der Waals surface area contributed by atoms with E-state index in [0.29, 0.717) is 0 Å². The molecule has 0 aliphatic carbocycles. The molecule has 0 aromatic heterocycles. The largest absolute Gasteiger partial charge is 0.460 e. The fourth-order valence-corrected chi connectivity index (χ4v) is 1.38. The first kappa shape index (κ1) is 18.7. The first-order chi connectivity index (χ1) is 8.06. The summed E-state index contributed by atoms with van der Waals surface area (Å²) in [7, 11) is 0. The third kappa shape index (κ3) is 2.77. The van der Waals surface area contributed by atoms with Gasteiger partial charge in [-0.1, -0.05) is 15.9 Å². The van der Waals surface area contributed by atoms with Crippen LogP contribution in [0.5, 0.6) is 0 Å². The van der Waals surface area contributed by atoms with Gasteiger partial charge in [0.15, 0.2) is 0 Å². The number of hydrogen-bond donors (Lipinski definition) is 0. The molecule has 0 aliphatic heterocycles. The van der Waals surface area contributed by atoms with Gasteiger partial charge in [0.1, 0.15) is 0 Å². The Morgan fingerprint density at radius 3 is 1.21 bits per heavy atom. The van der Waals surface area contributed by atoms with Gasteiger partial charge in [-0.3, -0.25) is 0 Å². The van der Waals surface area contributed by atoms with Crippen molar-refractivity contribution in [3.05, 3.63) is 0 Å². The standard InChI is InChI=1S/C7H4BrF11/c8-2-1-3(9,10)4(11,12)5(13,14)6(15,16)7(17,18)19/h1-2H2. The average molecular weight is 377 g/mol. The first-order valence-electron chi connectivity index (χ1n) is 4.20. The highest BCUT2D eigenvalue weighted by Gasteiger charge is 2.86. The molecule has 0 saturated heterocycles. The summed E-state index contributed by atoms with van der Waals surface area (Å²) in [6.45, 7) is 0. The summed E-state index contributed by atoms with van der Waals surface area (Å²) in [5.74, 6) is -27.2. The lowest BCUT2D eigenvalue weighted by atomic mass is 9.97. The van der Waals surface area contributed by atoms with E-state index in [0.717, 1.165) is 0 Å². The van der Waals surface area contributed by atoms with Gasteiger partial charge in [0.05, 0.1) is 0 Å². The van der Waals surface area contributed by atoms with E-state index < -0.39 is 41.6 Å². The summed E-state index contributed by atoms with van der Waals surface area (Å²) in [5, 5.41) is -1.01. The Morgan fingerprint density at radius 1 is 0.579 bits per heavy atom. The van der Waals surface area contributed by atoms with Crippen molar-refractivity contribution in [1.82, 2.24) is 0 Å². The van der Waals surface area contributed by atoms with Gasteiger partial charge in [-0.25, -0.2) is 0 Å². The highest BCUT2D eigenvalue weighted by molar-refractivity contribution is 9.09. The summed E-state index contributed by atoms with van der Waals surface area (Å²) in [6, 6.07) is 0. The summed E-state index contributed by atoms with van der Waals surface area (Å²) in [6.07, 6.45) is -9.16. The average Bonchev–Trinajstić information content (AvgIpc) is 2.14. The van der Waals surface area contributed by atoms with E-state index in [4.69, 9.17) is 0 Å². The van der Waals surface area contributed by atoms with Gasteiger partial charge in [-0.05, 0) is 0 Å². The van der Waals surface area contributed by atoms with Crippen LogP contribution in [0.15, 0.2) is 0 Å². The molecule has 0 N–H and O–H groups in total. The minimum absolute atomic E-state index is 1.01. The second-order valence-corrected chi connectivity index (χ2v) is 4.16. The fourth-order valence-electron chi connectivity index (χ4n) is 0.881. The van der Waals surface area contributed by atoms with Crippen LogP contribution in [0.4, 0.5) is 48.3 Å². The van der Waals surface area contributed by atoms with Gasteiger partial charge in [-0.2, -0.15) is 48.3 Å². The molecule has 0 aromatic rings. The van der Waals surface area contributed by atoms with E-state index in [1.54, 1.807) is 0 Å². The first-order valence-corrected chi connectivity index (χ1v) is 5.32. The molecule has 0 heterocycles. The normalized spacial score (nSPS) is 15.8. The lowest BCUT2D eigenvalue weighted by Gasteiger charge is -2.37. The van der Waals surface area contributed by atoms with Crippen molar-refractivity contribution in [3.8, 4) is 0 Å². The summed E-state index contributed by atoms with van der Waals surface area (Å²) in [5.41, 5.74) is 0. The number of halogens is 12. The maximum absolute atomic E-state index is 12.7. The van der Waals surface area contributed by atoms with Crippen molar-refractivity contribution < 1.29 is 48.3 Å². The van der Waals surface area contributed by atoms with Crippen LogP contribution in [-0.2, 0) is 0 Å². The second kappa shape index (κ2) is 4.92. The van der Waals surface area contributed by atoms with E-state index in [-0.39, 0.29) is 0 Å². The topological polar surface area (TPSA) is 0 Å². The van der Waals surface area contributed by atoms with Crippen LogP contribution < -0.4 is 0 Å². The van der Waals surface area contributed by atoms with Crippen LogP contribution in [0.2, 0.25) is 0 Å². The van der Waals surface area contributed by atoms with Crippen LogP contribution in [0.1, 0.15) is 6.42 Å². The van der Waals surface area contributed by atoms with Crippen molar-refractivity contribution in [2.45, 2.75) is 36.3 Å². The van der Waals surface area contributed by atoms with Crippen molar-refractivity contribution in [2.75, 3.05) is 5.33 Å². The summed E-state index contributed by atoms with van der Waals surface area (Å²) in [4.78, 5) is 0. The lowest BCUT2D eigenvalue weighted by Crippen LogP contribution is -2.66. The zero-order chi connectivity index (χ0) is 15.9. The molecule has 0 atom stereocenters. The molecule has 12 heteroatoms. The molecule has 0 aromatic carbocycles. The maximum atomic E-state index is 12.7. The Morgan fingerprint density at radius 2 is 0.947 bits per heavy atom. The molecule has 0 amide bonds. The fraction of sp³-hybridized carbons (Fsp3) is 1.00. The number of hydrogen-bond acceptors (Lipinski definition) is 0. The summed E-state index contributed by atoms with van der Waals surface area (Å²) < 4.78 is 135. The van der Waals surface area contributed by atoms with E-state index in [1.807, 2.05) is 0 Å². The minimum Gasteiger partial charge on any atom is -0.200 e. The van der Waals surface area contributed by atoms with Gasteiger partial charge in [0, 0.05) is 11.8 Å². The molecule has 0 fully saturated rings. The molecule has 116 valence electrons. The van der Waals surface area contributed by atoms with E-state index in [1.165, 1.54) is 0 Å². The number of alkyl halides is 12. The molecule has 0 spiro atoms. The Kier molecular flexibility index (Phi) is 4.84. The Bertz CT molecular complexity index is 317. The molecule has 0 bridgehead atoms. The lowest BCUT2D eigenvalue weighted by molar-refractivity contribution is -0.422. The molecule has 0 saturated carbocycles. The Labute approximate surface area is 107 Å². The van der Waals surface area contributed by atoms with Crippen molar-refractivity contribution in [3.63, 3.8) is 0 Å². The quantitative estimate of drug-likeness (QED) is 0.474. The molecule has 0 unspecified atom stereocenters. The van der Waals surface area contributed by atoms with Gasteiger partial charge in [-0.15, -0.1) is 0 Å². The van der Waals surface area contributed by atoms with Crippen molar-refractivity contribution in [1.29, 1.82) is 0 Å². The third-order valence-electron chi connectivity index (χ3n) is 2.01. The van der Waals surface area contributed by atoms with Crippen LogP contribution >= 0.6 is 15.9 Å². The third-order valence-corrected chi connectivity index (χ3v) is 2.41. The molecular formula is C7H4BrF11. The van der Waals surface area contributed by atoms with Crippen LogP contribution in [0.25, 0.3) is 0 Å². The van der Waals surface area contributed by atoms with Crippen LogP contribution in [0.3, 0.4) is 0 Å². The Balaban J connectivity index is 5.77. The van der Waals surface area contributed by atoms with Crippen molar-refractivity contribution in [2.24, 2.45) is 0 Å². The molecule has 19 heavy (non-hydrogen) atoms. The zero-order valence-electron chi connectivity index (χ0n) is 8.45. The van der Waals surface area contributed by atoms with Crippen LogP contribution in [-0.4, -0.2) is 35.2 Å². The van der Waals surface area contributed by atoms with Gasteiger partial charge in [0.25, 0.3) is 0 Å². The van der Waals surface area contributed by atoms with E-state index in [9.17, 15) is 48.3 Å². The van der Waals surface area contributed by atoms with Gasteiger partial charge in [0.2, 0.25) is 0 Å². The minimum atomic E-state index is -7.31. The zero-order valence-corrected chi connectivity index (χ0v) is 10.0. The monoisotopic (exact) mass is 376 g/mol. The predicted octanol–water partition coefficient (Wildman–Crippen LogP) is 4.87. The van der Waals surface area contributed by atoms with Gasteiger partial charge >= 0.3 is 29.9 Å². The SMILES string of the molecule is FC(F)(F)C(F)(F)C(F)(F)C(F)(F)C(F)(F)CCBr. The molecular weight excluding hydrogens is 373 g/mol. The maximum Gasteiger partial charge on any atom is 0.460 e. The predicted molar refractivity (Wildman–Crippen MR) is 44.3 cm³/mol. The van der Waals surface area contributed by atoms with E-state index >= 15 is 0 Å². The van der Waals surface area contributed by atoms with Crippen LogP contribution in [0, 0.1) is 0 Å².